The molecule has 2 aromatic rings. The van der Waals surface area contributed by atoms with Crippen LogP contribution in [0, 0.1) is 5.92 Å². The van der Waals surface area contributed by atoms with Crippen LogP contribution >= 0.6 is 35.0 Å². The van der Waals surface area contributed by atoms with Crippen molar-refractivity contribution >= 4 is 58.4 Å². The molecule has 2 N–H and O–H groups in total. The first-order chi connectivity index (χ1) is 16.2. The predicted octanol–water partition coefficient (Wildman–Crippen LogP) is 4.78. The summed E-state index contributed by atoms with van der Waals surface area (Å²) in [5.74, 6) is 1.40. The normalized spacial score (nSPS) is 16.0. The molecular weight excluding hydrogens is 495 g/mol. The Bertz CT molecular complexity index is 1010. The molecule has 1 saturated heterocycles. The molecule has 1 aliphatic heterocycles. The topological polar surface area (TPSA) is 90.5 Å². The largest absolute Gasteiger partial charge is 0.355 e. The van der Waals surface area contributed by atoms with Crippen LogP contribution in [0.3, 0.4) is 0 Å². The van der Waals surface area contributed by atoms with E-state index in [1.54, 1.807) is 35.2 Å². The number of rotatable bonds is 8. The van der Waals surface area contributed by atoms with Crippen LogP contribution in [-0.2, 0) is 4.79 Å². The Morgan fingerprint density at radius 1 is 1.21 bits per heavy atom. The lowest BCUT2D eigenvalue weighted by Crippen LogP contribution is -2.55. The van der Waals surface area contributed by atoms with Crippen molar-refractivity contribution in [1.82, 2.24) is 20.2 Å². The number of hydrogen-bond acceptors (Lipinski definition) is 6. The second kappa shape index (κ2) is 12.5. The molecule has 8 nitrogen and oxygen atoms in total. The van der Waals surface area contributed by atoms with Crippen LogP contribution in [0.25, 0.3) is 0 Å². The highest BCUT2D eigenvalue weighted by molar-refractivity contribution is 7.99. The van der Waals surface area contributed by atoms with Gasteiger partial charge in [0.1, 0.15) is 11.0 Å². The van der Waals surface area contributed by atoms with Gasteiger partial charge in [0, 0.05) is 49.0 Å². The van der Waals surface area contributed by atoms with Gasteiger partial charge < -0.3 is 20.4 Å². The lowest BCUT2D eigenvalue weighted by molar-refractivity contribution is -0.118. The quantitative estimate of drug-likeness (QED) is 0.293. The number of hydrogen-bond donors (Lipinski definition) is 2. The van der Waals surface area contributed by atoms with E-state index in [2.05, 4.69) is 39.3 Å². The summed E-state index contributed by atoms with van der Waals surface area (Å²) in [6.45, 7) is 8.60. The van der Waals surface area contributed by atoms with E-state index >= 15 is 0 Å². The number of thioether (sulfide) groups is 1. The van der Waals surface area contributed by atoms with Crippen molar-refractivity contribution in [2.75, 3.05) is 42.1 Å². The number of amides is 3. The molecule has 11 heteroatoms. The van der Waals surface area contributed by atoms with Gasteiger partial charge in [-0.3, -0.25) is 4.79 Å². The van der Waals surface area contributed by atoms with Gasteiger partial charge in [0.2, 0.25) is 5.91 Å². The number of urea groups is 1. The van der Waals surface area contributed by atoms with E-state index in [1.807, 2.05) is 6.92 Å². The zero-order chi connectivity index (χ0) is 24.7. The van der Waals surface area contributed by atoms with Gasteiger partial charge in [0.25, 0.3) is 0 Å². The van der Waals surface area contributed by atoms with E-state index in [0.717, 1.165) is 6.42 Å². The molecule has 1 aromatic carbocycles. The monoisotopic (exact) mass is 524 g/mol. The molecule has 0 saturated carbocycles. The highest BCUT2D eigenvalue weighted by Crippen LogP contribution is 2.24. The predicted molar refractivity (Wildman–Crippen MR) is 139 cm³/mol. The molecule has 1 aromatic heterocycles. The van der Waals surface area contributed by atoms with Crippen molar-refractivity contribution < 1.29 is 9.59 Å². The Balaban J connectivity index is 1.56. The molecule has 184 valence electrons. The van der Waals surface area contributed by atoms with Crippen molar-refractivity contribution in [2.45, 2.75) is 38.4 Å². The molecule has 2 heterocycles. The smallest absolute Gasteiger partial charge is 0.322 e. The first-order valence-corrected chi connectivity index (χ1v) is 13.0. The van der Waals surface area contributed by atoms with Crippen molar-refractivity contribution in [3.63, 3.8) is 0 Å². The summed E-state index contributed by atoms with van der Waals surface area (Å²) in [6, 6.07) is 8.56. The second-order valence-electron chi connectivity index (χ2n) is 8.58. The number of benzene rings is 1. The Morgan fingerprint density at radius 2 is 2.00 bits per heavy atom. The summed E-state index contributed by atoms with van der Waals surface area (Å²) in [6.07, 6.45) is 0.940. The lowest BCUT2D eigenvalue weighted by Gasteiger charge is -2.40. The van der Waals surface area contributed by atoms with E-state index in [4.69, 9.17) is 23.2 Å². The standard InChI is InChI=1S/C23H30Cl2N6O2S/c1-15(2)7-8-26-21(32)14-34-22-28-19(25)12-20(29-22)30-9-10-31(16(3)13-30)23(33)27-18-6-4-5-17(24)11-18/h4-6,11-12,15-16H,7-10,13-14H2,1-3H3,(H,26,32)(H,27,33). The molecule has 34 heavy (non-hydrogen) atoms. The van der Waals surface area contributed by atoms with Crippen LogP contribution in [0.5, 0.6) is 0 Å². The van der Waals surface area contributed by atoms with Gasteiger partial charge in [-0.1, -0.05) is 54.9 Å². The van der Waals surface area contributed by atoms with Gasteiger partial charge in [-0.05, 0) is 37.5 Å². The van der Waals surface area contributed by atoms with Gasteiger partial charge in [-0.15, -0.1) is 0 Å². The van der Waals surface area contributed by atoms with Gasteiger partial charge >= 0.3 is 6.03 Å². The summed E-state index contributed by atoms with van der Waals surface area (Å²) < 4.78 is 0. The maximum atomic E-state index is 12.8. The Kier molecular flexibility index (Phi) is 9.67. The van der Waals surface area contributed by atoms with Crippen molar-refractivity contribution in [1.29, 1.82) is 0 Å². The zero-order valence-electron chi connectivity index (χ0n) is 19.6. The van der Waals surface area contributed by atoms with Crippen LogP contribution in [0.15, 0.2) is 35.5 Å². The fourth-order valence-electron chi connectivity index (χ4n) is 3.52. The summed E-state index contributed by atoms with van der Waals surface area (Å²) in [5, 5.41) is 7.15. The molecule has 0 radical (unpaired) electrons. The second-order valence-corrected chi connectivity index (χ2v) is 10.3. The van der Waals surface area contributed by atoms with E-state index in [0.29, 0.717) is 58.9 Å². The molecule has 0 spiro atoms. The number of halogens is 2. The third kappa shape index (κ3) is 7.92. The molecule has 1 unspecified atom stereocenters. The highest BCUT2D eigenvalue weighted by Gasteiger charge is 2.28. The SMILES string of the molecule is CC(C)CCNC(=O)CSc1nc(Cl)cc(N2CCN(C(=O)Nc3cccc(Cl)c3)C(C)C2)n1. The summed E-state index contributed by atoms with van der Waals surface area (Å²) in [7, 11) is 0. The average Bonchev–Trinajstić information content (AvgIpc) is 2.77. The molecular formula is C23H30Cl2N6O2S. The molecule has 3 amide bonds. The van der Waals surface area contributed by atoms with Gasteiger partial charge in [-0.2, -0.15) is 0 Å². The Hall–Kier alpha value is -2.23. The van der Waals surface area contributed by atoms with Crippen molar-refractivity contribution in [3.8, 4) is 0 Å². The molecule has 3 rings (SSSR count). The van der Waals surface area contributed by atoms with Crippen LogP contribution < -0.4 is 15.5 Å². The van der Waals surface area contributed by atoms with Crippen LogP contribution in [0.4, 0.5) is 16.3 Å². The Morgan fingerprint density at radius 3 is 2.71 bits per heavy atom. The molecule has 0 aliphatic carbocycles. The molecule has 1 atom stereocenters. The fourth-order valence-corrected chi connectivity index (χ4v) is 4.62. The molecule has 1 fully saturated rings. The summed E-state index contributed by atoms with van der Waals surface area (Å²) in [5.41, 5.74) is 0.657. The van der Waals surface area contributed by atoms with E-state index in [-0.39, 0.29) is 23.7 Å². The molecule has 1 aliphatic rings. The summed E-state index contributed by atoms with van der Waals surface area (Å²) >= 11 is 13.5. The van der Waals surface area contributed by atoms with E-state index in [9.17, 15) is 9.59 Å². The van der Waals surface area contributed by atoms with E-state index < -0.39 is 0 Å². The summed E-state index contributed by atoms with van der Waals surface area (Å²) in [4.78, 5) is 37.6. The lowest BCUT2D eigenvalue weighted by atomic mass is 10.1. The number of anilines is 2. The van der Waals surface area contributed by atoms with Crippen LogP contribution in [-0.4, -0.2) is 64.8 Å². The van der Waals surface area contributed by atoms with Gasteiger partial charge in [-0.25, -0.2) is 14.8 Å². The van der Waals surface area contributed by atoms with Crippen molar-refractivity contribution in [3.05, 3.63) is 40.5 Å². The number of carbonyl (C=O) groups is 2. The number of aromatic nitrogens is 2. The van der Waals surface area contributed by atoms with Gasteiger partial charge in [0.05, 0.1) is 5.75 Å². The maximum Gasteiger partial charge on any atom is 0.322 e. The van der Waals surface area contributed by atoms with Crippen LogP contribution in [0.1, 0.15) is 27.2 Å². The minimum absolute atomic E-state index is 0.0514. The number of nitrogens with one attached hydrogen (secondary N) is 2. The van der Waals surface area contributed by atoms with Gasteiger partial charge in [0.15, 0.2) is 5.16 Å². The first-order valence-electron chi connectivity index (χ1n) is 11.2. The Labute approximate surface area is 214 Å². The fraction of sp³-hybridized carbons (Fsp3) is 0.478. The minimum atomic E-state index is -0.171. The van der Waals surface area contributed by atoms with E-state index in [1.165, 1.54) is 11.8 Å². The average molecular weight is 526 g/mol. The third-order valence-corrected chi connectivity index (χ3v) is 6.60. The number of carbonyl (C=O) groups excluding carboxylic acids is 2. The molecule has 0 bridgehead atoms. The van der Waals surface area contributed by atoms with Crippen LogP contribution in [0.2, 0.25) is 10.2 Å². The highest BCUT2D eigenvalue weighted by atomic mass is 35.5. The number of piperazine rings is 1. The minimum Gasteiger partial charge on any atom is -0.355 e. The number of nitrogens with zero attached hydrogens (tertiary/aromatic N) is 4. The van der Waals surface area contributed by atoms with Crippen molar-refractivity contribution in [2.24, 2.45) is 5.92 Å². The zero-order valence-corrected chi connectivity index (χ0v) is 21.9. The third-order valence-electron chi connectivity index (χ3n) is 5.33. The maximum absolute atomic E-state index is 12.8. The first kappa shape index (κ1) is 26.4.